The molecule has 1 fully saturated rings. The summed E-state index contributed by atoms with van der Waals surface area (Å²) in [6.45, 7) is 6.94. The minimum atomic E-state index is 0. The van der Waals surface area contributed by atoms with E-state index in [1.165, 1.54) is 4.90 Å². The van der Waals surface area contributed by atoms with Crippen LogP contribution in [0, 0.1) is 0 Å². The average molecular weight is 329 g/mol. The fourth-order valence-electron chi connectivity index (χ4n) is 2.84. The van der Waals surface area contributed by atoms with Crippen LogP contribution in [0.4, 0.5) is 5.69 Å². The van der Waals surface area contributed by atoms with Crippen molar-refractivity contribution in [3.05, 3.63) is 24.3 Å². The van der Waals surface area contributed by atoms with E-state index in [1.807, 2.05) is 24.3 Å². The van der Waals surface area contributed by atoms with Gasteiger partial charge in [0.1, 0.15) is 31.0 Å². The van der Waals surface area contributed by atoms with Crippen LogP contribution in [0.25, 0.3) is 0 Å². The summed E-state index contributed by atoms with van der Waals surface area (Å²) < 4.78 is 10.9. The standard InChI is InChI=1S/C16H24N2O3.ClH/c1-12-10-18(11-13(2)21-12)9-8-16(19)17-14-6-4-5-7-15(14)20-3;/h4-7,12-13H,8-11H2,1-3H3,(H,17,19);1H. The highest BCUT2D eigenvalue weighted by Crippen LogP contribution is 2.22. The third-order valence-electron chi connectivity index (χ3n) is 3.70. The Bertz CT molecular complexity index is 474. The van der Waals surface area contributed by atoms with Gasteiger partial charge >= 0.3 is 0 Å². The number of rotatable bonds is 5. The van der Waals surface area contributed by atoms with Crippen LogP contribution in [0.5, 0.6) is 5.75 Å². The largest absolute Gasteiger partial charge is 1.00 e. The summed E-state index contributed by atoms with van der Waals surface area (Å²) >= 11 is 0. The van der Waals surface area contributed by atoms with Crippen molar-refractivity contribution in [2.75, 3.05) is 32.1 Å². The first kappa shape index (κ1) is 18.7. The normalized spacial score (nSPS) is 24.2. The molecule has 6 heteroatoms. The van der Waals surface area contributed by atoms with Gasteiger partial charge in [-0.25, -0.2) is 0 Å². The molecule has 2 rings (SSSR count). The molecule has 1 aliphatic rings. The zero-order chi connectivity index (χ0) is 15.2. The highest BCUT2D eigenvalue weighted by molar-refractivity contribution is 5.92. The molecule has 5 nitrogen and oxygen atoms in total. The number of quaternary nitrogens is 1. The van der Waals surface area contributed by atoms with Crippen molar-refractivity contribution in [3.63, 3.8) is 0 Å². The van der Waals surface area contributed by atoms with Crippen LogP contribution >= 0.6 is 0 Å². The number of carbonyl (C=O) groups excluding carboxylic acids is 1. The predicted octanol–water partition coefficient (Wildman–Crippen LogP) is -2.28. The van der Waals surface area contributed by atoms with Gasteiger partial charge in [0.25, 0.3) is 0 Å². The minimum Gasteiger partial charge on any atom is -1.00 e. The number of amides is 1. The van der Waals surface area contributed by atoms with Gasteiger partial charge in [0.05, 0.1) is 25.8 Å². The first-order chi connectivity index (χ1) is 10.1. The highest BCUT2D eigenvalue weighted by atomic mass is 35.5. The summed E-state index contributed by atoms with van der Waals surface area (Å²) in [6, 6.07) is 7.46. The summed E-state index contributed by atoms with van der Waals surface area (Å²) in [7, 11) is 1.60. The molecule has 1 amide bonds. The van der Waals surface area contributed by atoms with Crippen LogP contribution < -0.4 is 27.4 Å². The molecule has 2 N–H and O–H groups in total. The van der Waals surface area contributed by atoms with Crippen molar-refractivity contribution in [1.82, 2.24) is 0 Å². The lowest BCUT2D eigenvalue weighted by atomic mass is 10.2. The molecule has 1 aromatic rings. The van der Waals surface area contributed by atoms with Gasteiger partial charge < -0.3 is 32.1 Å². The third kappa shape index (κ3) is 5.48. The SMILES string of the molecule is COc1ccccc1NC(=O)CC[NH+]1CC(C)OC(C)C1.[Cl-]. The number of methoxy groups -OCH3 is 1. The number of halogens is 1. The molecule has 124 valence electrons. The van der Waals surface area contributed by atoms with Gasteiger partial charge in [-0.3, -0.25) is 4.79 Å². The summed E-state index contributed by atoms with van der Waals surface area (Å²) in [5.74, 6) is 0.714. The van der Waals surface area contributed by atoms with E-state index in [2.05, 4.69) is 19.2 Å². The monoisotopic (exact) mass is 328 g/mol. The topological polar surface area (TPSA) is 52.0 Å². The number of anilines is 1. The molecule has 0 saturated carbocycles. The Labute approximate surface area is 138 Å². The molecule has 2 atom stereocenters. The summed E-state index contributed by atoms with van der Waals surface area (Å²) in [5.41, 5.74) is 0.726. The number of carbonyl (C=O) groups is 1. The molecule has 0 bridgehead atoms. The molecule has 1 heterocycles. The van der Waals surface area contributed by atoms with Gasteiger partial charge in [0.2, 0.25) is 5.91 Å². The van der Waals surface area contributed by atoms with Gasteiger partial charge in [-0.15, -0.1) is 0 Å². The third-order valence-corrected chi connectivity index (χ3v) is 3.70. The smallest absolute Gasteiger partial charge is 0.230 e. The van der Waals surface area contributed by atoms with Crippen molar-refractivity contribution in [1.29, 1.82) is 0 Å². The lowest BCUT2D eigenvalue weighted by molar-refractivity contribution is -0.914. The summed E-state index contributed by atoms with van der Waals surface area (Å²) in [5, 5.41) is 2.91. The number of nitrogens with one attached hydrogen (secondary N) is 2. The van der Waals surface area contributed by atoms with E-state index in [4.69, 9.17) is 9.47 Å². The molecule has 0 aromatic heterocycles. The van der Waals surface area contributed by atoms with Crippen LogP contribution in [0.15, 0.2) is 24.3 Å². The van der Waals surface area contributed by atoms with Crippen molar-refractivity contribution < 1.29 is 31.6 Å². The maximum Gasteiger partial charge on any atom is 0.230 e. The number of para-hydroxylation sites is 2. The van der Waals surface area contributed by atoms with Crippen molar-refractivity contribution in [2.24, 2.45) is 0 Å². The van der Waals surface area contributed by atoms with E-state index in [0.29, 0.717) is 12.2 Å². The van der Waals surface area contributed by atoms with Gasteiger partial charge in [-0.05, 0) is 26.0 Å². The van der Waals surface area contributed by atoms with Crippen LogP contribution in [0.1, 0.15) is 20.3 Å². The second-order valence-electron chi connectivity index (χ2n) is 5.66. The molecule has 1 saturated heterocycles. The molecule has 1 aromatic carbocycles. The fourth-order valence-corrected chi connectivity index (χ4v) is 2.84. The second kappa shape index (κ2) is 8.98. The molecule has 2 unspecified atom stereocenters. The van der Waals surface area contributed by atoms with Crippen molar-refractivity contribution in [2.45, 2.75) is 32.5 Å². The summed E-state index contributed by atoms with van der Waals surface area (Å²) in [6.07, 6.45) is 1.04. The van der Waals surface area contributed by atoms with E-state index in [0.717, 1.165) is 25.3 Å². The maximum absolute atomic E-state index is 12.1. The Morgan fingerprint density at radius 1 is 1.32 bits per heavy atom. The number of morpholine rings is 1. The second-order valence-corrected chi connectivity index (χ2v) is 5.66. The average Bonchev–Trinajstić information content (AvgIpc) is 2.45. The van der Waals surface area contributed by atoms with E-state index in [1.54, 1.807) is 7.11 Å². The van der Waals surface area contributed by atoms with E-state index < -0.39 is 0 Å². The lowest BCUT2D eigenvalue weighted by Crippen LogP contribution is -3.15. The number of hydrogen-bond acceptors (Lipinski definition) is 3. The molecule has 0 radical (unpaired) electrons. The molecule has 0 spiro atoms. The van der Waals surface area contributed by atoms with Gasteiger partial charge in [0, 0.05) is 0 Å². The highest BCUT2D eigenvalue weighted by Gasteiger charge is 2.25. The first-order valence-corrected chi connectivity index (χ1v) is 7.50. The Morgan fingerprint density at radius 3 is 2.59 bits per heavy atom. The molecule has 22 heavy (non-hydrogen) atoms. The Hall–Kier alpha value is -1.30. The van der Waals surface area contributed by atoms with Gasteiger partial charge in [-0.1, -0.05) is 12.1 Å². The predicted molar refractivity (Wildman–Crippen MR) is 81.8 cm³/mol. The Balaban J connectivity index is 0.00000242. The Kier molecular flexibility index (Phi) is 7.65. The van der Waals surface area contributed by atoms with Crippen molar-refractivity contribution >= 4 is 11.6 Å². The summed E-state index contributed by atoms with van der Waals surface area (Å²) in [4.78, 5) is 13.5. The van der Waals surface area contributed by atoms with E-state index >= 15 is 0 Å². The molecular formula is C16H25ClN2O3. The van der Waals surface area contributed by atoms with E-state index in [-0.39, 0.29) is 30.5 Å². The van der Waals surface area contributed by atoms with Gasteiger partial charge in [-0.2, -0.15) is 0 Å². The Morgan fingerprint density at radius 2 is 1.95 bits per heavy atom. The molecule has 0 aliphatic carbocycles. The number of hydrogen-bond donors (Lipinski definition) is 2. The maximum atomic E-state index is 12.1. The first-order valence-electron chi connectivity index (χ1n) is 7.50. The van der Waals surface area contributed by atoms with Crippen LogP contribution in [0.2, 0.25) is 0 Å². The van der Waals surface area contributed by atoms with Crippen molar-refractivity contribution in [3.8, 4) is 5.75 Å². The van der Waals surface area contributed by atoms with Crippen LogP contribution in [-0.2, 0) is 9.53 Å². The number of benzene rings is 1. The van der Waals surface area contributed by atoms with Crippen LogP contribution in [-0.4, -0.2) is 44.9 Å². The van der Waals surface area contributed by atoms with Gasteiger partial charge in [0.15, 0.2) is 0 Å². The number of ether oxygens (including phenoxy) is 2. The fraction of sp³-hybridized carbons (Fsp3) is 0.562. The van der Waals surface area contributed by atoms with Crippen LogP contribution in [0.3, 0.4) is 0 Å². The lowest BCUT2D eigenvalue weighted by Gasteiger charge is -2.32. The molecular weight excluding hydrogens is 304 g/mol. The molecule has 1 aliphatic heterocycles. The minimum absolute atomic E-state index is 0. The zero-order valence-corrected chi connectivity index (χ0v) is 14.2. The zero-order valence-electron chi connectivity index (χ0n) is 13.4. The quantitative estimate of drug-likeness (QED) is 0.640. The van der Waals surface area contributed by atoms with E-state index in [9.17, 15) is 4.79 Å².